The molecule has 39 heavy (non-hydrogen) atoms. The van der Waals surface area contributed by atoms with Gasteiger partial charge < -0.3 is 10.0 Å². The first-order valence-electron chi connectivity index (χ1n) is 15.0. The van der Waals surface area contributed by atoms with Crippen molar-refractivity contribution in [3.8, 4) is 0 Å². The maximum Gasteiger partial charge on any atom is 0.295 e. The molecule has 1 atom stereocenters. The van der Waals surface area contributed by atoms with E-state index in [1.807, 2.05) is 43.3 Å². The zero-order valence-corrected chi connectivity index (χ0v) is 25.5. The molecule has 1 N–H and O–H groups in total. The van der Waals surface area contributed by atoms with E-state index in [-0.39, 0.29) is 11.3 Å². The molecule has 1 amide bonds. The van der Waals surface area contributed by atoms with Gasteiger partial charge in [0.1, 0.15) is 5.76 Å². The number of benzene rings is 2. The van der Waals surface area contributed by atoms with Gasteiger partial charge in [-0.2, -0.15) is 0 Å². The fourth-order valence-corrected chi connectivity index (χ4v) is 5.87. The quantitative estimate of drug-likeness (QED) is 0.0856. The van der Waals surface area contributed by atoms with E-state index in [0.717, 1.165) is 34.9 Å². The maximum absolute atomic E-state index is 13.2. The molecule has 0 bridgehead atoms. The van der Waals surface area contributed by atoms with Gasteiger partial charge in [-0.3, -0.25) is 9.59 Å². The molecule has 1 saturated heterocycles. The van der Waals surface area contributed by atoms with Crippen molar-refractivity contribution < 1.29 is 14.7 Å². The van der Waals surface area contributed by atoms with Crippen molar-refractivity contribution in [3.05, 3.63) is 75.3 Å². The SMILES string of the molecule is CCCCCCCCCCCCCCCCN1C(=O)C(=O)/C(=C(\O)c2cccc(Br)c2)C1c1ccc(C)cc1. The van der Waals surface area contributed by atoms with E-state index in [0.29, 0.717) is 12.1 Å². The Balaban J connectivity index is 1.53. The number of hydrogen-bond donors (Lipinski definition) is 1. The first-order chi connectivity index (χ1) is 18.9. The van der Waals surface area contributed by atoms with Gasteiger partial charge in [0.2, 0.25) is 0 Å². The van der Waals surface area contributed by atoms with E-state index in [4.69, 9.17) is 0 Å². The number of unbranched alkanes of at least 4 members (excludes halogenated alkanes) is 13. The highest BCUT2D eigenvalue weighted by Crippen LogP contribution is 2.40. The minimum absolute atomic E-state index is 0.122. The largest absolute Gasteiger partial charge is 0.507 e. The number of halogens is 1. The number of ketones is 1. The molecule has 0 aromatic heterocycles. The molecular formula is C34H46BrNO3. The number of hydrogen-bond acceptors (Lipinski definition) is 3. The highest BCUT2D eigenvalue weighted by Gasteiger charge is 2.45. The molecule has 1 unspecified atom stereocenters. The van der Waals surface area contributed by atoms with Crippen LogP contribution in [-0.4, -0.2) is 28.2 Å². The van der Waals surface area contributed by atoms with Crippen LogP contribution in [0.4, 0.5) is 0 Å². The third-order valence-corrected chi connectivity index (χ3v) is 8.28. The summed E-state index contributed by atoms with van der Waals surface area (Å²) >= 11 is 3.44. The molecule has 0 radical (unpaired) electrons. The minimum atomic E-state index is -0.608. The molecule has 0 aliphatic carbocycles. The molecule has 1 aliphatic rings. The Morgan fingerprint density at radius 2 is 1.33 bits per heavy atom. The van der Waals surface area contributed by atoms with Gasteiger partial charge in [0.05, 0.1) is 11.6 Å². The average Bonchev–Trinajstić information content (AvgIpc) is 3.18. The summed E-state index contributed by atoms with van der Waals surface area (Å²) in [6, 6.07) is 14.5. The van der Waals surface area contributed by atoms with Gasteiger partial charge >= 0.3 is 0 Å². The van der Waals surface area contributed by atoms with Crippen LogP contribution in [0.5, 0.6) is 0 Å². The van der Waals surface area contributed by atoms with Crippen LogP contribution in [-0.2, 0) is 9.59 Å². The average molecular weight is 597 g/mol. The number of aryl methyl sites for hydroxylation is 1. The molecule has 2 aromatic carbocycles. The molecule has 212 valence electrons. The Bertz CT molecular complexity index is 1090. The lowest BCUT2D eigenvalue weighted by atomic mass is 9.94. The molecule has 2 aromatic rings. The van der Waals surface area contributed by atoms with Crippen molar-refractivity contribution in [2.24, 2.45) is 0 Å². The predicted molar refractivity (Wildman–Crippen MR) is 165 cm³/mol. The van der Waals surface area contributed by atoms with E-state index < -0.39 is 17.7 Å². The molecule has 0 spiro atoms. The van der Waals surface area contributed by atoms with Gasteiger partial charge in [-0.1, -0.05) is 148 Å². The van der Waals surface area contributed by atoms with Crippen LogP contribution in [0.15, 0.2) is 58.6 Å². The van der Waals surface area contributed by atoms with E-state index in [1.54, 1.807) is 17.0 Å². The number of likely N-dealkylation sites (tertiary alicyclic amines) is 1. The molecule has 1 aliphatic heterocycles. The lowest BCUT2D eigenvalue weighted by Crippen LogP contribution is -2.30. The van der Waals surface area contributed by atoms with Crippen LogP contribution in [0.1, 0.15) is 120 Å². The van der Waals surface area contributed by atoms with Crippen LogP contribution >= 0.6 is 15.9 Å². The highest BCUT2D eigenvalue weighted by molar-refractivity contribution is 9.10. The molecule has 5 heteroatoms. The zero-order valence-electron chi connectivity index (χ0n) is 23.9. The van der Waals surface area contributed by atoms with Crippen LogP contribution in [0, 0.1) is 6.92 Å². The summed E-state index contributed by atoms with van der Waals surface area (Å²) in [4.78, 5) is 28.0. The van der Waals surface area contributed by atoms with Crippen molar-refractivity contribution in [1.29, 1.82) is 0 Å². The van der Waals surface area contributed by atoms with Crippen LogP contribution in [0.25, 0.3) is 5.76 Å². The maximum atomic E-state index is 13.2. The number of rotatable bonds is 17. The number of carbonyl (C=O) groups excluding carboxylic acids is 2. The first kappa shape index (κ1) is 31.1. The molecule has 4 nitrogen and oxygen atoms in total. The molecule has 1 heterocycles. The number of aliphatic hydroxyl groups is 1. The Labute approximate surface area is 244 Å². The zero-order chi connectivity index (χ0) is 28.0. The second-order valence-corrected chi connectivity index (χ2v) is 11.9. The van der Waals surface area contributed by atoms with Crippen molar-refractivity contribution in [2.45, 2.75) is 110 Å². The number of nitrogens with zero attached hydrogens (tertiary/aromatic N) is 1. The second kappa shape index (κ2) is 16.6. The van der Waals surface area contributed by atoms with Gasteiger partial charge in [0, 0.05) is 16.6 Å². The van der Waals surface area contributed by atoms with Gasteiger partial charge in [-0.05, 0) is 31.0 Å². The van der Waals surface area contributed by atoms with Gasteiger partial charge in [0.25, 0.3) is 11.7 Å². The number of Topliss-reactive ketones (excluding diaryl/α,β-unsaturated/α-hetero) is 1. The minimum Gasteiger partial charge on any atom is -0.507 e. The number of amides is 1. The predicted octanol–water partition coefficient (Wildman–Crippen LogP) is 9.66. The van der Waals surface area contributed by atoms with Crippen molar-refractivity contribution in [3.63, 3.8) is 0 Å². The normalized spacial score (nSPS) is 16.8. The molecular weight excluding hydrogens is 550 g/mol. The first-order valence-corrected chi connectivity index (χ1v) is 15.8. The summed E-state index contributed by atoms with van der Waals surface area (Å²) in [7, 11) is 0. The topological polar surface area (TPSA) is 57.6 Å². The van der Waals surface area contributed by atoms with Crippen molar-refractivity contribution in [2.75, 3.05) is 6.54 Å². The number of carbonyl (C=O) groups is 2. The van der Waals surface area contributed by atoms with E-state index in [1.165, 1.54) is 70.6 Å². The Kier molecular flexibility index (Phi) is 13.3. The van der Waals surface area contributed by atoms with E-state index in [9.17, 15) is 14.7 Å². The standard InChI is InChI=1S/C34H46BrNO3/c1-3-4-5-6-7-8-9-10-11-12-13-14-15-16-24-36-31(27-22-20-26(2)21-23-27)30(33(38)34(36)39)32(37)28-18-17-19-29(35)25-28/h17-23,25,31,37H,3-16,24H2,1-2H3/b32-30-. The molecule has 3 rings (SSSR count). The smallest absolute Gasteiger partial charge is 0.295 e. The molecule has 1 fully saturated rings. The van der Waals surface area contributed by atoms with Gasteiger partial charge in [-0.25, -0.2) is 0 Å². The van der Waals surface area contributed by atoms with Crippen molar-refractivity contribution >= 4 is 33.4 Å². The second-order valence-electron chi connectivity index (χ2n) is 11.0. The van der Waals surface area contributed by atoms with E-state index in [2.05, 4.69) is 22.9 Å². The monoisotopic (exact) mass is 595 g/mol. The summed E-state index contributed by atoms with van der Waals surface area (Å²) in [6.07, 6.45) is 17.8. The number of aliphatic hydroxyl groups excluding tert-OH is 1. The summed E-state index contributed by atoms with van der Waals surface area (Å²) in [5.41, 5.74) is 2.65. The third kappa shape index (κ3) is 9.34. The Hall–Kier alpha value is -2.40. The Morgan fingerprint density at radius 1 is 0.795 bits per heavy atom. The van der Waals surface area contributed by atoms with Crippen molar-refractivity contribution in [1.82, 2.24) is 4.90 Å². The fraction of sp³-hybridized carbons (Fsp3) is 0.529. The van der Waals surface area contributed by atoms with Crippen LogP contribution in [0.2, 0.25) is 0 Å². The summed E-state index contributed by atoms with van der Waals surface area (Å²) < 4.78 is 0.801. The molecule has 0 saturated carbocycles. The summed E-state index contributed by atoms with van der Waals surface area (Å²) in [6.45, 7) is 4.79. The van der Waals surface area contributed by atoms with Gasteiger partial charge in [0.15, 0.2) is 0 Å². The Morgan fingerprint density at radius 3 is 1.87 bits per heavy atom. The third-order valence-electron chi connectivity index (χ3n) is 7.78. The fourth-order valence-electron chi connectivity index (χ4n) is 5.47. The van der Waals surface area contributed by atoms with E-state index >= 15 is 0 Å². The summed E-state index contributed by atoms with van der Waals surface area (Å²) in [5, 5.41) is 11.2. The van der Waals surface area contributed by atoms with Crippen LogP contribution in [0.3, 0.4) is 0 Å². The highest BCUT2D eigenvalue weighted by atomic mass is 79.9. The lowest BCUT2D eigenvalue weighted by molar-refractivity contribution is -0.139. The lowest BCUT2D eigenvalue weighted by Gasteiger charge is -2.25. The van der Waals surface area contributed by atoms with Crippen LogP contribution < -0.4 is 0 Å². The summed E-state index contributed by atoms with van der Waals surface area (Å²) in [5.74, 6) is -1.25. The van der Waals surface area contributed by atoms with Gasteiger partial charge in [-0.15, -0.1) is 0 Å².